The molecule has 0 saturated carbocycles. The summed E-state index contributed by atoms with van der Waals surface area (Å²) in [5.74, 6) is -1.33. The van der Waals surface area contributed by atoms with Crippen LogP contribution in [0.4, 0.5) is 0 Å². The third-order valence-corrected chi connectivity index (χ3v) is 3.30. The van der Waals surface area contributed by atoms with Gasteiger partial charge in [0.05, 0.1) is 11.7 Å². The first-order valence-corrected chi connectivity index (χ1v) is 6.02. The highest BCUT2D eigenvalue weighted by molar-refractivity contribution is 5.96. The van der Waals surface area contributed by atoms with Crippen LogP contribution in [0.3, 0.4) is 0 Å². The Bertz CT molecular complexity index is 486. The molecular formula is C13H16N2O4. The van der Waals surface area contributed by atoms with Crippen molar-refractivity contribution in [2.75, 3.05) is 13.7 Å². The van der Waals surface area contributed by atoms with Crippen molar-refractivity contribution < 1.29 is 19.4 Å². The Kier molecular flexibility index (Phi) is 3.80. The van der Waals surface area contributed by atoms with Gasteiger partial charge in [-0.15, -0.1) is 0 Å². The van der Waals surface area contributed by atoms with Gasteiger partial charge in [0, 0.05) is 32.0 Å². The summed E-state index contributed by atoms with van der Waals surface area (Å²) in [7, 11) is 1.52. The number of nitrogens with zero attached hydrogens (tertiary/aromatic N) is 2. The molecule has 1 aliphatic rings. The lowest BCUT2D eigenvalue weighted by atomic mass is 10.2. The van der Waals surface area contributed by atoms with Crippen LogP contribution in [-0.2, 0) is 9.53 Å². The average molecular weight is 264 g/mol. The molecule has 1 aliphatic heterocycles. The minimum absolute atomic E-state index is 0.233. The zero-order valence-electron chi connectivity index (χ0n) is 10.9. The number of pyridine rings is 1. The number of likely N-dealkylation sites (tertiary alicyclic amines) is 1. The zero-order valence-corrected chi connectivity index (χ0v) is 10.9. The summed E-state index contributed by atoms with van der Waals surface area (Å²) >= 11 is 0. The van der Waals surface area contributed by atoms with Crippen LogP contribution in [0.2, 0.25) is 0 Å². The molecule has 1 aromatic rings. The van der Waals surface area contributed by atoms with Crippen LogP contribution >= 0.6 is 0 Å². The van der Waals surface area contributed by atoms with E-state index in [2.05, 4.69) is 4.98 Å². The van der Waals surface area contributed by atoms with Crippen molar-refractivity contribution in [2.45, 2.75) is 25.5 Å². The first kappa shape index (κ1) is 13.5. The first-order chi connectivity index (χ1) is 9.02. The minimum atomic E-state index is -1.01. The average Bonchev–Trinajstić information content (AvgIpc) is 2.83. The fraction of sp³-hybridized carbons (Fsp3) is 0.462. The van der Waals surface area contributed by atoms with Crippen LogP contribution in [-0.4, -0.2) is 52.7 Å². The van der Waals surface area contributed by atoms with Crippen LogP contribution in [0, 0.1) is 6.92 Å². The molecule has 2 rings (SSSR count). The van der Waals surface area contributed by atoms with Gasteiger partial charge in [-0.1, -0.05) is 0 Å². The van der Waals surface area contributed by atoms with Crippen molar-refractivity contribution in [3.05, 3.63) is 29.6 Å². The number of carboxylic acid groups (broad SMARTS) is 1. The van der Waals surface area contributed by atoms with E-state index in [-0.39, 0.29) is 12.0 Å². The van der Waals surface area contributed by atoms with Crippen LogP contribution in [0.5, 0.6) is 0 Å². The Labute approximate surface area is 111 Å². The maximum atomic E-state index is 12.3. The molecule has 102 valence electrons. The second-order valence-electron chi connectivity index (χ2n) is 4.59. The molecule has 0 radical (unpaired) electrons. The molecule has 1 fully saturated rings. The first-order valence-electron chi connectivity index (χ1n) is 6.02. The summed E-state index contributed by atoms with van der Waals surface area (Å²) < 4.78 is 5.15. The predicted molar refractivity (Wildman–Crippen MR) is 66.8 cm³/mol. The highest BCUT2D eigenvalue weighted by atomic mass is 16.5. The number of rotatable bonds is 3. The van der Waals surface area contributed by atoms with Crippen molar-refractivity contribution in [2.24, 2.45) is 0 Å². The summed E-state index contributed by atoms with van der Waals surface area (Å²) in [5.41, 5.74) is 1.20. The highest BCUT2D eigenvalue weighted by Crippen LogP contribution is 2.22. The lowest BCUT2D eigenvalue weighted by Crippen LogP contribution is -2.40. The molecular weight excluding hydrogens is 248 g/mol. The van der Waals surface area contributed by atoms with Gasteiger partial charge in [0.2, 0.25) is 0 Å². The third-order valence-electron chi connectivity index (χ3n) is 3.30. The topological polar surface area (TPSA) is 79.7 Å². The number of carboxylic acids is 1. The Balaban J connectivity index is 2.21. The summed E-state index contributed by atoms with van der Waals surface area (Å²) in [5, 5.41) is 9.17. The van der Waals surface area contributed by atoms with Crippen LogP contribution in [0.1, 0.15) is 22.5 Å². The van der Waals surface area contributed by atoms with Crippen LogP contribution in [0.15, 0.2) is 18.3 Å². The summed E-state index contributed by atoms with van der Waals surface area (Å²) in [4.78, 5) is 28.9. The van der Waals surface area contributed by atoms with E-state index in [4.69, 9.17) is 4.74 Å². The number of carbonyl (C=O) groups is 2. The van der Waals surface area contributed by atoms with E-state index in [1.54, 1.807) is 12.1 Å². The monoisotopic (exact) mass is 264 g/mol. The molecule has 6 nitrogen and oxygen atoms in total. The Hall–Kier alpha value is -1.95. The Morgan fingerprint density at radius 1 is 1.47 bits per heavy atom. The van der Waals surface area contributed by atoms with E-state index in [0.717, 1.165) is 5.69 Å². The lowest BCUT2D eigenvalue weighted by Gasteiger charge is -2.21. The van der Waals surface area contributed by atoms with Gasteiger partial charge in [0.15, 0.2) is 0 Å². The number of hydrogen-bond donors (Lipinski definition) is 1. The van der Waals surface area contributed by atoms with E-state index >= 15 is 0 Å². The second kappa shape index (κ2) is 5.36. The van der Waals surface area contributed by atoms with Gasteiger partial charge in [-0.25, -0.2) is 4.79 Å². The van der Waals surface area contributed by atoms with Gasteiger partial charge < -0.3 is 14.7 Å². The minimum Gasteiger partial charge on any atom is -0.480 e. The van der Waals surface area contributed by atoms with Crippen molar-refractivity contribution in [1.82, 2.24) is 9.88 Å². The number of methoxy groups -OCH3 is 1. The molecule has 2 unspecified atom stereocenters. The molecule has 1 N–H and O–H groups in total. The van der Waals surface area contributed by atoms with Crippen molar-refractivity contribution in [1.29, 1.82) is 0 Å². The third kappa shape index (κ3) is 2.73. The SMILES string of the molecule is COC1CC(C(=O)O)N(C(=O)c2ccc(C)nc2)C1. The van der Waals surface area contributed by atoms with Gasteiger partial charge in [-0.2, -0.15) is 0 Å². The molecule has 1 aromatic heterocycles. The molecule has 0 aromatic carbocycles. The largest absolute Gasteiger partial charge is 0.480 e. The highest BCUT2D eigenvalue weighted by Gasteiger charge is 2.40. The molecule has 0 aliphatic carbocycles. The molecule has 2 atom stereocenters. The van der Waals surface area contributed by atoms with Gasteiger partial charge >= 0.3 is 5.97 Å². The lowest BCUT2D eigenvalue weighted by molar-refractivity contribution is -0.141. The zero-order chi connectivity index (χ0) is 14.0. The predicted octanol–water partition coefficient (Wildman–Crippen LogP) is 0.704. The number of aliphatic carboxylic acids is 1. The Morgan fingerprint density at radius 3 is 2.74 bits per heavy atom. The molecule has 1 saturated heterocycles. The second-order valence-corrected chi connectivity index (χ2v) is 4.59. The summed E-state index contributed by atoms with van der Waals surface area (Å²) in [6.45, 7) is 2.12. The number of ether oxygens (including phenoxy) is 1. The van der Waals surface area contributed by atoms with Crippen LogP contribution in [0.25, 0.3) is 0 Å². The van der Waals surface area contributed by atoms with E-state index in [1.807, 2.05) is 6.92 Å². The van der Waals surface area contributed by atoms with Crippen LogP contribution < -0.4 is 0 Å². The maximum absolute atomic E-state index is 12.3. The number of aromatic nitrogens is 1. The normalized spacial score (nSPS) is 22.5. The van der Waals surface area contributed by atoms with E-state index in [1.165, 1.54) is 18.2 Å². The summed E-state index contributed by atoms with van der Waals surface area (Å²) in [6.07, 6.45) is 1.55. The van der Waals surface area contributed by atoms with E-state index in [9.17, 15) is 14.7 Å². The quantitative estimate of drug-likeness (QED) is 0.869. The maximum Gasteiger partial charge on any atom is 0.326 e. The molecule has 1 amide bonds. The van der Waals surface area contributed by atoms with Crippen molar-refractivity contribution >= 4 is 11.9 Å². The van der Waals surface area contributed by atoms with Crippen molar-refractivity contribution in [3.8, 4) is 0 Å². The summed E-state index contributed by atoms with van der Waals surface area (Å²) in [6, 6.07) is 2.55. The number of carbonyl (C=O) groups excluding carboxylic acids is 1. The number of aryl methyl sites for hydroxylation is 1. The molecule has 2 heterocycles. The van der Waals surface area contributed by atoms with E-state index < -0.39 is 12.0 Å². The van der Waals surface area contributed by atoms with Gasteiger partial charge in [-0.3, -0.25) is 9.78 Å². The number of amides is 1. The fourth-order valence-corrected chi connectivity index (χ4v) is 2.19. The Morgan fingerprint density at radius 2 is 2.21 bits per heavy atom. The molecule has 6 heteroatoms. The smallest absolute Gasteiger partial charge is 0.326 e. The molecule has 0 bridgehead atoms. The fourth-order valence-electron chi connectivity index (χ4n) is 2.19. The van der Waals surface area contributed by atoms with Crippen molar-refractivity contribution in [3.63, 3.8) is 0 Å². The standard InChI is InChI=1S/C13H16N2O4/c1-8-3-4-9(6-14-8)12(16)15-7-10(19-2)5-11(15)13(17)18/h3-4,6,10-11H,5,7H2,1-2H3,(H,17,18). The molecule has 19 heavy (non-hydrogen) atoms. The van der Waals surface area contributed by atoms with Gasteiger partial charge in [0.1, 0.15) is 6.04 Å². The van der Waals surface area contributed by atoms with Gasteiger partial charge in [-0.05, 0) is 19.1 Å². The number of hydrogen-bond acceptors (Lipinski definition) is 4. The van der Waals surface area contributed by atoms with E-state index in [0.29, 0.717) is 18.5 Å². The van der Waals surface area contributed by atoms with Gasteiger partial charge in [0.25, 0.3) is 5.91 Å². The molecule has 0 spiro atoms.